The van der Waals surface area contributed by atoms with Gasteiger partial charge in [-0.05, 0) is 0 Å². The Morgan fingerprint density at radius 2 is 2.17 bits per heavy atom. The molecule has 2 N–H and O–H groups in total. The van der Waals surface area contributed by atoms with Gasteiger partial charge < -0.3 is 24.3 Å². The molecule has 1 fully saturated rings. The lowest BCUT2D eigenvalue weighted by Gasteiger charge is -2.44. The van der Waals surface area contributed by atoms with Gasteiger partial charge in [-0.3, -0.25) is 9.59 Å². The average Bonchev–Trinajstić information content (AvgIpc) is 2.80. The summed E-state index contributed by atoms with van der Waals surface area (Å²) >= 11 is 0. The minimum absolute atomic E-state index is 0.0980. The molecule has 1 amide bonds. The summed E-state index contributed by atoms with van der Waals surface area (Å²) in [5, 5.41) is 5.20. The van der Waals surface area contributed by atoms with Crippen LogP contribution in [0.5, 0.6) is 5.75 Å². The molecule has 1 saturated heterocycles. The molecule has 35 heavy (non-hydrogen) atoms. The quantitative estimate of drug-likeness (QED) is 0.324. The lowest BCUT2D eigenvalue weighted by Crippen LogP contribution is -2.58. The molecule has 0 bridgehead atoms. The molecule has 0 aromatic carbocycles. The second kappa shape index (κ2) is 10.2. The number of H-pyrrole nitrogens is 1. The third-order valence-electron chi connectivity index (χ3n) is 5.60. The Morgan fingerprint density at radius 3 is 2.94 bits per heavy atom. The van der Waals surface area contributed by atoms with Crippen LogP contribution in [0.1, 0.15) is 12.0 Å². The molecule has 15 heteroatoms. The van der Waals surface area contributed by atoms with Crippen LogP contribution >= 0.6 is 0 Å². The number of hydrogen-bond acceptors (Lipinski definition) is 8. The zero-order chi connectivity index (χ0) is 25.2. The Labute approximate surface area is 198 Å². The van der Waals surface area contributed by atoms with E-state index in [1.165, 1.54) is 6.07 Å². The smallest absolute Gasteiger partial charge is 0.423 e. The maximum atomic E-state index is 13.4. The molecule has 1 radical (unpaired) electrons. The second-order valence-corrected chi connectivity index (χ2v) is 10.3. The van der Waals surface area contributed by atoms with E-state index in [2.05, 4.69) is 15.1 Å². The number of ether oxygens (including phenoxy) is 2. The molecule has 1 unspecified atom stereocenters. The fraction of sp³-hybridized carbons (Fsp3) is 0.500. The molecule has 10 nitrogen and oxygen atoms in total. The van der Waals surface area contributed by atoms with Crippen LogP contribution in [-0.4, -0.2) is 80.1 Å². The predicted molar refractivity (Wildman–Crippen MR) is 118 cm³/mol. The number of aromatic amines is 1. The fourth-order valence-corrected chi connectivity index (χ4v) is 5.18. The molecule has 2 aliphatic heterocycles. The Kier molecular flexibility index (Phi) is 7.25. The van der Waals surface area contributed by atoms with E-state index in [9.17, 15) is 27.2 Å². The van der Waals surface area contributed by atoms with Gasteiger partial charge >= 0.3 is 6.18 Å². The van der Waals surface area contributed by atoms with Crippen molar-refractivity contribution in [1.29, 1.82) is 0 Å². The fourth-order valence-electron chi connectivity index (χ4n) is 4.01. The first-order chi connectivity index (χ1) is 16.6. The van der Waals surface area contributed by atoms with Crippen molar-refractivity contribution in [2.45, 2.75) is 25.2 Å². The maximum Gasteiger partial charge on any atom is 0.423 e. The SMILES string of the molecule is C[Si](COCCC(=O)N1CCN2c3ncc(F)cc3OCC2C1)Nc1cn[nH]c(=O)c1C(F)(F)F. The van der Waals surface area contributed by atoms with Crippen LogP contribution in [-0.2, 0) is 15.7 Å². The largest absolute Gasteiger partial charge is 0.487 e. The predicted octanol–water partition coefficient (Wildman–Crippen LogP) is 1.41. The summed E-state index contributed by atoms with van der Waals surface area (Å²) in [6.45, 7) is 3.53. The summed E-state index contributed by atoms with van der Waals surface area (Å²) in [5.41, 5.74) is -3.05. The van der Waals surface area contributed by atoms with Crippen molar-refractivity contribution in [2.24, 2.45) is 0 Å². The van der Waals surface area contributed by atoms with Crippen LogP contribution in [0.4, 0.5) is 29.1 Å². The van der Waals surface area contributed by atoms with Crippen LogP contribution in [0.2, 0.25) is 6.55 Å². The summed E-state index contributed by atoms with van der Waals surface area (Å²) in [4.78, 5) is 34.7. The number of anilines is 2. The highest BCUT2D eigenvalue weighted by molar-refractivity contribution is 6.61. The molecular weight excluding hydrogens is 492 g/mol. The van der Waals surface area contributed by atoms with Gasteiger partial charge in [0.15, 0.2) is 20.5 Å². The first-order valence-electron chi connectivity index (χ1n) is 10.8. The van der Waals surface area contributed by atoms with E-state index in [0.717, 1.165) is 12.4 Å². The molecule has 189 valence electrons. The van der Waals surface area contributed by atoms with Crippen molar-refractivity contribution in [3.8, 4) is 5.75 Å². The Morgan fingerprint density at radius 1 is 1.37 bits per heavy atom. The van der Waals surface area contributed by atoms with Crippen LogP contribution in [0.3, 0.4) is 0 Å². The number of carbonyl (C=O) groups excluding carboxylic acids is 1. The summed E-state index contributed by atoms with van der Waals surface area (Å²) in [6.07, 6.45) is -2.54. The van der Waals surface area contributed by atoms with Gasteiger partial charge in [0.2, 0.25) is 5.91 Å². The van der Waals surface area contributed by atoms with Gasteiger partial charge in [0, 0.05) is 25.7 Å². The van der Waals surface area contributed by atoms with Crippen molar-refractivity contribution < 1.29 is 31.8 Å². The van der Waals surface area contributed by atoms with Gasteiger partial charge in [-0.2, -0.15) is 18.3 Å². The number of alkyl halides is 3. The summed E-state index contributed by atoms with van der Waals surface area (Å²) in [7, 11) is -1.66. The molecule has 2 aromatic heterocycles. The molecule has 1 atom stereocenters. The molecule has 2 aromatic rings. The third kappa shape index (κ3) is 5.72. The minimum atomic E-state index is -4.82. The number of fused-ring (bicyclic) bond motifs is 3. The highest BCUT2D eigenvalue weighted by Crippen LogP contribution is 2.34. The Hall–Kier alpha value is -3.20. The number of piperazine rings is 1. The first-order valence-corrected chi connectivity index (χ1v) is 13.0. The van der Waals surface area contributed by atoms with Gasteiger partial charge in [-0.25, -0.2) is 14.5 Å². The van der Waals surface area contributed by atoms with E-state index in [1.807, 2.05) is 4.90 Å². The van der Waals surface area contributed by atoms with Crippen molar-refractivity contribution in [3.63, 3.8) is 0 Å². The summed E-state index contributed by atoms with van der Waals surface area (Å²) in [5.74, 6) is 0.363. The third-order valence-corrected chi connectivity index (χ3v) is 6.94. The van der Waals surface area contributed by atoms with Crippen LogP contribution in [0.15, 0.2) is 23.3 Å². The van der Waals surface area contributed by atoms with Gasteiger partial charge in [0.25, 0.3) is 5.56 Å². The molecule has 0 spiro atoms. The van der Waals surface area contributed by atoms with E-state index in [4.69, 9.17) is 9.47 Å². The highest BCUT2D eigenvalue weighted by Gasteiger charge is 2.38. The average molecular weight is 516 g/mol. The van der Waals surface area contributed by atoms with E-state index >= 15 is 0 Å². The number of amides is 1. The molecule has 2 aliphatic rings. The summed E-state index contributed by atoms with van der Waals surface area (Å²) < 4.78 is 63.9. The van der Waals surface area contributed by atoms with Crippen LogP contribution < -0.4 is 20.2 Å². The van der Waals surface area contributed by atoms with E-state index in [1.54, 1.807) is 16.5 Å². The molecule has 4 heterocycles. The lowest BCUT2D eigenvalue weighted by molar-refractivity contribution is -0.138. The number of hydrogen-bond donors (Lipinski definition) is 2. The monoisotopic (exact) mass is 515 g/mol. The number of carbonyl (C=O) groups is 1. The standard InChI is InChI=1S/C20H23F4N6O4Si/c1-35(28-14-8-26-27-19(32)17(14)20(22,23)24)11-33-5-2-16(31)29-3-4-30-13(9-29)10-34-15-6-12(21)7-25-18(15)30/h6-8,13H,2-5,9-11H2,1H3,(H2,27,28,32). The zero-order valence-corrected chi connectivity index (χ0v) is 19.7. The van der Waals surface area contributed by atoms with Gasteiger partial charge in [-0.1, -0.05) is 6.55 Å². The number of aromatic nitrogens is 3. The molecule has 0 aliphatic carbocycles. The maximum absolute atomic E-state index is 13.4. The van der Waals surface area contributed by atoms with Crippen LogP contribution in [0, 0.1) is 5.82 Å². The summed E-state index contributed by atoms with van der Waals surface area (Å²) in [6, 6.07) is 1.20. The van der Waals surface area contributed by atoms with Crippen molar-refractivity contribution in [1.82, 2.24) is 20.1 Å². The van der Waals surface area contributed by atoms with Gasteiger partial charge in [0.1, 0.15) is 18.0 Å². The lowest BCUT2D eigenvalue weighted by atomic mass is 10.1. The zero-order valence-electron chi connectivity index (χ0n) is 18.7. The van der Waals surface area contributed by atoms with E-state index in [-0.39, 0.29) is 31.2 Å². The molecule has 0 saturated carbocycles. The first kappa shape index (κ1) is 24.9. The number of pyridine rings is 1. The number of halogens is 4. The Bertz CT molecular complexity index is 1130. The van der Waals surface area contributed by atoms with Gasteiger partial charge in [-0.15, -0.1) is 0 Å². The number of rotatable bonds is 7. The Balaban J connectivity index is 1.23. The van der Waals surface area contributed by atoms with Gasteiger partial charge in [0.05, 0.1) is 43.4 Å². The number of nitrogens with zero attached hydrogens (tertiary/aromatic N) is 4. The van der Waals surface area contributed by atoms with Crippen LogP contribution in [0.25, 0.3) is 0 Å². The van der Waals surface area contributed by atoms with Crippen molar-refractivity contribution in [3.05, 3.63) is 40.2 Å². The highest BCUT2D eigenvalue weighted by atomic mass is 28.3. The normalized spacial score (nSPS) is 17.6. The minimum Gasteiger partial charge on any atom is -0.487 e. The topological polar surface area (TPSA) is 113 Å². The number of nitrogens with one attached hydrogen (secondary N) is 2. The van der Waals surface area contributed by atoms with Crippen molar-refractivity contribution >= 4 is 26.4 Å². The molecular formula is C20H23F4N6O4Si. The van der Waals surface area contributed by atoms with Crippen molar-refractivity contribution in [2.75, 3.05) is 49.0 Å². The second-order valence-electron chi connectivity index (χ2n) is 8.17. The van der Waals surface area contributed by atoms with E-state index in [0.29, 0.717) is 37.8 Å². The molecule has 4 rings (SSSR count). The van der Waals surface area contributed by atoms with E-state index < -0.39 is 37.8 Å².